The predicted octanol–water partition coefficient (Wildman–Crippen LogP) is 4.10. The molecule has 0 aromatic heterocycles. The van der Waals surface area contributed by atoms with Gasteiger partial charge in [0.25, 0.3) is 0 Å². The first-order valence-corrected chi connectivity index (χ1v) is 7.02. The predicted molar refractivity (Wildman–Crippen MR) is 94.1 cm³/mol. The SMILES string of the molecule is Cc1c[c-]cc(C)c1N.Cc1cc(C=CC#N)cc(C)c1N.[W].[W].[W]. The van der Waals surface area contributed by atoms with Crippen LogP contribution in [0.3, 0.4) is 0 Å². The summed E-state index contributed by atoms with van der Waals surface area (Å²) in [5, 5.41) is 8.36. The molecule has 0 bridgehead atoms. The molecule has 0 unspecified atom stereocenters. The first-order valence-electron chi connectivity index (χ1n) is 7.02. The summed E-state index contributed by atoms with van der Waals surface area (Å²) in [7, 11) is 0. The Kier molecular flexibility index (Phi) is 16.9. The van der Waals surface area contributed by atoms with Gasteiger partial charge < -0.3 is 11.5 Å². The van der Waals surface area contributed by atoms with Crippen molar-refractivity contribution in [2.75, 3.05) is 11.5 Å². The summed E-state index contributed by atoms with van der Waals surface area (Å²) in [5.74, 6) is 0. The maximum atomic E-state index is 8.36. The van der Waals surface area contributed by atoms with Gasteiger partial charge in [-0.3, -0.25) is 0 Å². The van der Waals surface area contributed by atoms with E-state index >= 15 is 0 Å². The number of nitrogen functional groups attached to an aromatic ring is 2. The van der Waals surface area contributed by atoms with Crippen molar-refractivity contribution in [3.63, 3.8) is 0 Å². The Morgan fingerprint density at radius 1 is 0.840 bits per heavy atom. The first-order chi connectivity index (χ1) is 10.4. The molecule has 0 spiro atoms. The number of allylic oxidation sites excluding steroid dienone is 1. The van der Waals surface area contributed by atoms with E-state index in [2.05, 4.69) is 6.07 Å². The van der Waals surface area contributed by atoms with Crippen LogP contribution in [-0.2, 0) is 63.2 Å². The molecule has 6 heteroatoms. The average Bonchev–Trinajstić information content (AvgIpc) is 2.48. The molecule has 2 rings (SSSR count). The van der Waals surface area contributed by atoms with Gasteiger partial charge in [-0.15, -0.1) is 11.1 Å². The maximum absolute atomic E-state index is 8.36. The van der Waals surface area contributed by atoms with Crippen molar-refractivity contribution in [2.45, 2.75) is 27.7 Å². The summed E-state index contributed by atoms with van der Waals surface area (Å²) in [6.07, 6.45) is 3.24. The van der Waals surface area contributed by atoms with Crippen LogP contribution in [0.2, 0.25) is 0 Å². The molecule has 0 fully saturated rings. The molecule has 0 saturated carbocycles. The van der Waals surface area contributed by atoms with Crippen LogP contribution in [-0.4, -0.2) is 0 Å². The third-order valence-electron chi connectivity index (χ3n) is 3.42. The molecule has 25 heavy (non-hydrogen) atoms. The van der Waals surface area contributed by atoms with Gasteiger partial charge in [0.15, 0.2) is 0 Å². The number of aryl methyl sites for hydroxylation is 4. The minimum Gasteiger partial charge on any atom is -0.419 e. The zero-order valence-corrected chi connectivity index (χ0v) is 23.6. The third-order valence-corrected chi connectivity index (χ3v) is 3.42. The van der Waals surface area contributed by atoms with Gasteiger partial charge in [0.05, 0.1) is 6.07 Å². The van der Waals surface area contributed by atoms with Crippen molar-refractivity contribution in [3.05, 3.63) is 64.2 Å². The number of nitrogens with zero attached hydrogens (tertiary/aromatic N) is 1. The van der Waals surface area contributed by atoms with Crippen LogP contribution in [0.5, 0.6) is 0 Å². The Hall–Kier alpha value is -0.665. The topological polar surface area (TPSA) is 75.8 Å². The molecule has 0 saturated heterocycles. The largest absolute Gasteiger partial charge is 0.419 e. The van der Waals surface area contributed by atoms with Crippen LogP contribution in [0, 0.1) is 45.1 Å². The molecule has 0 aliphatic heterocycles. The molecule has 0 aliphatic carbocycles. The Labute approximate surface area is 194 Å². The van der Waals surface area contributed by atoms with Crippen molar-refractivity contribution < 1.29 is 63.2 Å². The van der Waals surface area contributed by atoms with Gasteiger partial charge in [-0.2, -0.15) is 23.5 Å². The number of nitriles is 1. The number of rotatable bonds is 1. The molecule has 4 N–H and O–H groups in total. The number of hydrogen-bond acceptors (Lipinski definition) is 3. The van der Waals surface area contributed by atoms with E-state index in [1.807, 2.05) is 58.0 Å². The molecule has 3 nitrogen and oxygen atoms in total. The minimum absolute atomic E-state index is 0. The summed E-state index contributed by atoms with van der Waals surface area (Å²) in [6, 6.07) is 12.7. The van der Waals surface area contributed by atoms with Crippen molar-refractivity contribution in [2.24, 2.45) is 0 Å². The number of nitrogens with two attached hydrogens (primary N) is 2. The third kappa shape index (κ3) is 9.56. The first kappa shape index (κ1) is 29.1. The van der Waals surface area contributed by atoms with Crippen molar-refractivity contribution in [3.8, 4) is 6.07 Å². The summed E-state index contributed by atoms with van der Waals surface area (Å²) < 4.78 is 0. The molecule has 2 aromatic carbocycles. The summed E-state index contributed by atoms with van der Waals surface area (Å²) in [6.45, 7) is 7.90. The zero-order chi connectivity index (χ0) is 16.7. The summed E-state index contributed by atoms with van der Waals surface area (Å²) in [4.78, 5) is 0. The summed E-state index contributed by atoms with van der Waals surface area (Å²) in [5.41, 5.74) is 18.5. The van der Waals surface area contributed by atoms with E-state index in [1.54, 1.807) is 6.08 Å². The van der Waals surface area contributed by atoms with E-state index in [0.717, 1.165) is 39.2 Å². The average molecular weight is 844 g/mol. The molecule has 0 amide bonds. The van der Waals surface area contributed by atoms with Crippen molar-refractivity contribution in [1.29, 1.82) is 5.26 Å². The molecular weight excluding hydrogens is 822 g/mol. The number of hydrogen-bond donors (Lipinski definition) is 2. The van der Waals surface area contributed by atoms with E-state index < -0.39 is 0 Å². The van der Waals surface area contributed by atoms with Crippen LogP contribution < -0.4 is 11.5 Å². The van der Waals surface area contributed by atoms with Gasteiger partial charge in [0.2, 0.25) is 0 Å². The fourth-order valence-corrected chi connectivity index (χ4v) is 2.00. The van der Waals surface area contributed by atoms with Gasteiger partial charge in [0.1, 0.15) is 0 Å². The Bertz CT molecular complexity index is 692. The van der Waals surface area contributed by atoms with E-state index in [-0.39, 0.29) is 63.2 Å². The van der Waals surface area contributed by atoms with E-state index in [9.17, 15) is 0 Å². The quantitative estimate of drug-likeness (QED) is 0.258. The maximum Gasteiger partial charge on any atom is 0.0912 e. The smallest absolute Gasteiger partial charge is 0.0912 e. The van der Waals surface area contributed by atoms with E-state index in [4.69, 9.17) is 16.7 Å². The van der Waals surface area contributed by atoms with Gasteiger partial charge >= 0.3 is 0 Å². The second kappa shape index (κ2) is 14.5. The number of anilines is 2. The molecular formula is C19H22N3W3-. The van der Waals surface area contributed by atoms with Crippen molar-refractivity contribution in [1.82, 2.24) is 0 Å². The Morgan fingerprint density at radius 3 is 1.60 bits per heavy atom. The molecule has 0 heterocycles. The molecule has 0 aliphatic rings. The zero-order valence-electron chi connectivity index (χ0n) is 14.8. The van der Waals surface area contributed by atoms with Gasteiger partial charge in [-0.1, -0.05) is 19.5 Å². The van der Waals surface area contributed by atoms with Crippen LogP contribution >= 0.6 is 0 Å². The van der Waals surface area contributed by atoms with Gasteiger partial charge in [-0.05, 0) is 48.7 Å². The molecule has 0 radical (unpaired) electrons. The minimum atomic E-state index is 0. The van der Waals surface area contributed by atoms with Crippen LogP contribution in [0.4, 0.5) is 11.4 Å². The normalized spacial score (nSPS) is 8.76. The number of benzene rings is 2. The standard InChI is InChI=1S/C11H12N2.C8H10N.3W/c1-8-6-10(4-3-5-12)7-9(2)11(8)13;1-6-4-3-5-7(2)8(6)9;;;/h3-4,6-7H,13H2,1-2H3;4-5H,9H2,1-2H3;;;/q;-1;;;. The van der Waals surface area contributed by atoms with Crippen molar-refractivity contribution >= 4 is 17.5 Å². The van der Waals surface area contributed by atoms with Crippen LogP contribution in [0.15, 0.2) is 30.3 Å². The fourth-order valence-electron chi connectivity index (χ4n) is 2.00. The van der Waals surface area contributed by atoms with Crippen LogP contribution in [0.1, 0.15) is 27.8 Å². The monoisotopic (exact) mass is 844 g/mol. The van der Waals surface area contributed by atoms with E-state index in [0.29, 0.717) is 0 Å². The summed E-state index contributed by atoms with van der Waals surface area (Å²) >= 11 is 0. The second-order valence-corrected chi connectivity index (χ2v) is 5.27. The van der Waals surface area contributed by atoms with Crippen LogP contribution in [0.25, 0.3) is 6.08 Å². The van der Waals surface area contributed by atoms with Gasteiger partial charge in [0, 0.05) is 75.0 Å². The molecule has 2 aromatic rings. The Morgan fingerprint density at radius 2 is 1.24 bits per heavy atom. The Balaban J connectivity index is -0.000000362. The molecule has 132 valence electrons. The fraction of sp³-hybridized carbons (Fsp3) is 0.211. The van der Waals surface area contributed by atoms with Gasteiger partial charge in [-0.25, -0.2) is 0 Å². The second-order valence-electron chi connectivity index (χ2n) is 5.27. The van der Waals surface area contributed by atoms with E-state index in [1.165, 1.54) is 6.08 Å². The molecule has 0 atom stereocenters.